The van der Waals surface area contributed by atoms with E-state index in [-0.39, 0.29) is 29.8 Å². The standard InChI is InChI=1S/C36H30F2I2N6O4S2/c1-3-49-45-31(47)30-24-9-7-22(42-34(24)52-36(30)44-28-11-6-21(40)15-26(28)38)13-18-12-19(18)16-50-46-32(48)29-23-8-4-17(2)41-33(23)51-35(29)43-27-10-5-20(39)14-25(27)37/h4-11,14-15,18-19,43-44H,3,12-13,16H2,1-2H3,(H,45,47)(H,46,48). The van der Waals surface area contributed by atoms with E-state index in [4.69, 9.17) is 14.7 Å². The molecule has 1 aliphatic carbocycles. The molecule has 268 valence electrons. The van der Waals surface area contributed by atoms with Crippen LogP contribution in [0.2, 0.25) is 0 Å². The summed E-state index contributed by atoms with van der Waals surface area (Å²) in [5.74, 6) is -1.27. The summed E-state index contributed by atoms with van der Waals surface area (Å²) in [7, 11) is 0. The van der Waals surface area contributed by atoms with Gasteiger partial charge in [-0.05, 0) is 144 Å². The normalized spacial score (nSPS) is 15.2. The number of nitrogens with zero attached hydrogens (tertiary/aromatic N) is 2. The molecule has 52 heavy (non-hydrogen) atoms. The molecule has 10 nitrogen and oxygen atoms in total. The highest BCUT2D eigenvalue weighted by atomic mass is 127. The highest BCUT2D eigenvalue weighted by Crippen LogP contribution is 2.43. The number of aryl methyl sites for hydroxylation is 1. The molecule has 0 saturated heterocycles. The largest absolute Gasteiger partial charge is 0.344 e. The van der Waals surface area contributed by atoms with E-state index in [1.807, 2.05) is 76.4 Å². The van der Waals surface area contributed by atoms with Crippen LogP contribution in [-0.4, -0.2) is 35.0 Å². The Morgan fingerprint density at radius 2 is 1.35 bits per heavy atom. The number of carbonyl (C=O) groups excluding carboxylic acids is 2. The Labute approximate surface area is 332 Å². The second-order valence-corrected chi connectivity index (χ2v) is 16.6. The minimum absolute atomic E-state index is 0.205. The molecular weight excluding hydrogens is 936 g/mol. The molecule has 0 bridgehead atoms. The Morgan fingerprint density at radius 3 is 1.92 bits per heavy atom. The Bertz CT molecular complexity index is 2340. The van der Waals surface area contributed by atoms with Gasteiger partial charge in [0.15, 0.2) is 0 Å². The lowest BCUT2D eigenvalue weighted by Gasteiger charge is -2.10. The fraction of sp³-hybridized carbons (Fsp3) is 0.222. The van der Waals surface area contributed by atoms with Gasteiger partial charge in [-0.2, -0.15) is 0 Å². The van der Waals surface area contributed by atoms with Gasteiger partial charge in [0.25, 0.3) is 11.8 Å². The number of halogens is 4. The van der Waals surface area contributed by atoms with E-state index < -0.39 is 23.4 Å². The molecule has 4 N–H and O–H groups in total. The molecule has 4 aromatic heterocycles. The van der Waals surface area contributed by atoms with Crippen LogP contribution in [0.1, 0.15) is 45.4 Å². The monoisotopic (exact) mass is 966 g/mol. The molecular formula is C36H30F2I2N6O4S2. The maximum absolute atomic E-state index is 14.7. The number of anilines is 4. The van der Waals surface area contributed by atoms with Crippen molar-refractivity contribution in [2.75, 3.05) is 23.8 Å². The molecule has 2 unspecified atom stereocenters. The third-order valence-electron chi connectivity index (χ3n) is 8.43. The first kappa shape index (κ1) is 36.8. The van der Waals surface area contributed by atoms with Crippen LogP contribution in [0, 0.1) is 37.5 Å². The van der Waals surface area contributed by atoms with Crippen molar-refractivity contribution in [2.24, 2.45) is 11.8 Å². The van der Waals surface area contributed by atoms with Gasteiger partial charge in [0, 0.05) is 29.3 Å². The second-order valence-electron chi connectivity index (χ2n) is 12.1. The highest BCUT2D eigenvalue weighted by Gasteiger charge is 2.38. The fourth-order valence-electron chi connectivity index (χ4n) is 5.74. The fourth-order valence-corrected chi connectivity index (χ4v) is 8.88. The van der Waals surface area contributed by atoms with E-state index >= 15 is 0 Å². The summed E-state index contributed by atoms with van der Waals surface area (Å²) in [6.45, 7) is 4.23. The van der Waals surface area contributed by atoms with Crippen LogP contribution in [0.4, 0.5) is 30.2 Å². The first-order valence-electron chi connectivity index (χ1n) is 16.2. The zero-order chi connectivity index (χ0) is 36.5. The molecule has 0 aliphatic heterocycles. The van der Waals surface area contributed by atoms with Crippen LogP contribution in [0.25, 0.3) is 20.4 Å². The lowest BCUT2D eigenvalue weighted by Crippen LogP contribution is -2.25. The summed E-state index contributed by atoms with van der Waals surface area (Å²) in [5.41, 5.74) is 7.85. The number of carbonyl (C=O) groups is 2. The molecule has 2 amide bonds. The summed E-state index contributed by atoms with van der Waals surface area (Å²) in [4.78, 5) is 48.2. The molecule has 1 aliphatic rings. The van der Waals surface area contributed by atoms with E-state index in [9.17, 15) is 18.4 Å². The van der Waals surface area contributed by atoms with Gasteiger partial charge in [0.05, 0.1) is 35.7 Å². The van der Waals surface area contributed by atoms with Gasteiger partial charge in [-0.15, -0.1) is 0 Å². The van der Waals surface area contributed by atoms with Crippen molar-refractivity contribution in [1.82, 2.24) is 20.9 Å². The van der Waals surface area contributed by atoms with Crippen LogP contribution in [-0.2, 0) is 16.1 Å². The topological polar surface area (TPSA) is 127 Å². The molecule has 7 rings (SSSR count). The van der Waals surface area contributed by atoms with Gasteiger partial charge in [0.1, 0.15) is 31.3 Å². The molecule has 1 saturated carbocycles. The number of aromatic nitrogens is 2. The zero-order valence-corrected chi connectivity index (χ0v) is 33.6. The van der Waals surface area contributed by atoms with E-state index in [1.54, 1.807) is 31.2 Å². The summed E-state index contributed by atoms with van der Waals surface area (Å²) >= 11 is 6.63. The van der Waals surface area contributed by atoms with Crippen LogP contribution in [0.5, 0.6) is 0 Å². The number of rotatable bonds is 13. The predicted octanol–water partition coefficient (Wildman–Crippen LogP) is 9.41. The van der Waals surface area contributed by atoms with Crippen molar-refractivity contribution in [3.8, 4) is 0 Å². The molecule has 2 atom stereocenters. The molecule has 2 aromatic carbocycles. The number of amides is 2. The van der Waals surface area contributed by atoms with Crippen molar-refractivity contribution in [3.05, 3.63) is 102 Å². The number of hydrogen-bond acceptors (Lipinski definition) is 10. The maximum atomic E-state index is 14.7. The average molecular weight is 967 g/mol. The van der Waals surface area contributed by atoms with Crippen molar-refractivity contribution in [2.45, 2.75) is 26.7 Å². The van der Waals surface area contributed by atoms with Crippen molar-refractivity contribution in [3.63, 3.8) is 0 Å². The minimum Gasteiger partial charge on any atom is -0.344 e. The molecule has 0 spiro atoms. The summed E-state index contributed by atoms with van der Waals surface area (Å²) in [6, 6.07) is 17.1. The molecule has 1 fully saturated rings. The van der Waals surface area contributed by atoms with Crippen LogP contribution in [0.15, 0.2) is 60.7 Å². The number of nitrogens with one attached hydrogen (secondary N) is 4. The van der Waals surface area contributed by atoms with Crippen LogP contribution in [0.3, 0.4) is 0 Å². The number of hydroxylamine groups is 2. The van der Waals surface area contributed by atoms with E-state index in [0.717, 1.165) is 24.9 Å². The Morgan fingerprint density at radius 1 is 0.788 bits per heavy atom. The Balaban J connectivity index is 1.01. The third-order valence-corrected chi connectivity index (χ3v) is 11.8. The lowest BCUT2D eigenvalue weighted by atomic mass is 10.1. The number of thiophene rings is 2. The smallest absolute Gasteiger partial charge is 0.278 e. The maximum Gasteiger partial charge on any atom is 0.278 e. The van der Waals surface area contributed by atoms with Crippen molar-refractivity contribution < 1.29 is 28.0 Å². The lowest BCUT2D eigenvalue weighted by molar-refractivity contribution is 0.0258. The van der Waals surface area contributed by atoms with Crippen LogP contribution >= 0.6 is 67.9 Å². The average Bonchev–Trinajstić information content (AvgIpc) is 3.58. The first-order valence-corrected chi connectivity index (χ1v) is 20.0. The number of hydrogen-bond donors (Lipinski definition) is 4. The zero-order valence-electron chi connectivity index (χ0n) is 27.6. The quantitative estimate of drug-likeness (QED) is 0.0667. The van der Waals surface area contributed by atoms with Crippen molar-refractivity contribution in [1.29, 1.82) is 0 Å². The van der Waals surface area contributed by atoms with Gasteiger partial charge in [0.2, 0.25) is 0 Å². The highest BCUT2D eigenvalue weighted by molar-refractivity contribution is 14.1. The number of fused-ring (bicyclic) bond motifs is 2. The molecule has 4 heterocycles. The third kappa shape index (κ3) is 8.15. The molecule has 6 aromatic rings. The number of pyridine rings is 2. The second kappa shape index (κ2) is 15.8. The summed E-state index contributed by atoms with van der Waals surface area (Å²) < 4.78 is 31.0. The van der Waals surface area contributed by atoms with Gasteiger partial charge < -0.3 is 10.6 Å². The predicted molar refractivity (Wildman–Crippen MR) is 217 cm³/mol. The Kier molecular flexibility index (Phi) is 11.2. The number of benzene rings is 2. The molecule has 16 heteroatoms. The van der Waals surface area contributed by atoms with E-state index in [1.165, 1.54) is 34.8 Å². The Hall–Kier alpha value is -3.56. The van der Waals surface area contributed by atoms with Gasteiger partial charge >= 0.3 is 0 Å². The summed E-state index contributed by atoms with van der Waals surface area (Å²) in [5, 5.41) is 8.35. The summed E-state index contributed by atoms with van der Waals surface area (Å²) in [6.07, 6.45) is 1.57. The van der Waals surface area contributed by atoms with E-state index in [0.29, 0.717) is 54.6 Å². The van der Waals surface area contributed by atoms with E-state index in [2.05, 4.69) is 26.6 Å². The first-order chi connectivity index (χ1) is 25.1. The van der Waals surface area contributed by atoms with Gasteiger partial charge in [-0.25, -0.2) is 29.7 Å². The molecule has 0 radical (unpaired) electrons. The van der Waals surface area contributed by atoms with Gasteiger partial charge in [-0.3, -0.25) is 19.3 Å². The minimum atomic E-state index is -0.454. The van der Waals surface area contributed by atoms with Crippen LogP contribution < -0.4 is 21.6 Å². The SMILES string of the molecule is CCONC(=O)c1c(Nc2ccc(I)cc2F)sc2nc(CC3CC3CONC(=O)c3c(Nc4ccc(I)cc4F)sc4nc(C)ccc34)ccc12. The van der Waals surface area contributed by atoms with Crippen molar-refractivity contribution >= 4 is 121 Å². The van der Waals surface area contributed by atoms with Gasteiger partial charge in [-0.1, -0.05) is 22.7 Å².